The lowest BCUT2D eigenvalue weighted by Crippen LogP contribution is -2.71. The maximum absolute atomic E-state index is 13.0. The molecule has 0 bridgehead atoms. The highest BCUT2D eigenvalue weighted by molar-refractivity contribution is 8.01. The summed E-state index contributed by atoms with van der Waals surface area (Å²) in [7, 11) is 1.20. The van der Waals surface area contributed by atoms with Crippen LogP contribution in [0, 0.1) is 5.41 Å². The number of anilines is 1. The van der Waals surface area contributed by atoms with E-state index < -0.39 is 29.2 Å². The minimum atomic E-state index is -1.28. The van der Waals surface area contributed by atoms with E-state index in [1.54, 1.807) is 6.07 Å². The number of tetrazole rings is 1. The monoisotopic (exact) mass is 579 g/mol. The third kappa shape index (κ3) is 4.31. The van der Waals surface area contributed by atoms with Gasteiger partial charge < -0.3 is 26.2 Å². The third-order valence-corrected chi connectivity index (χ3v) is 8.52. The summed E-state index contributed by atoms with van der Waals surface area (Å²) in [6.07, 6.45) is 0. The number of nitrogens with two attached hydrogens (primary N) is 1. The molecule has 2 atom stereocenters. The largest absolute Gasteiger partial charge is 0.477 e. The fourth-order valence-electron chi connectivity index (χ4n) is 3.75. The van der Waals surface area contributed by atoms with Gasteiger partial charge in [0.25, 0.3) is 11.8 Å². The Bertz CT molecular complexity index is 1590. The fourth-order valence-corrected chi connectivity index (χ4v) is 6.77. The number of oxime groups is 1. The number of β-lactam (4-membered cyclic amide) rings is 1. The molecule has 3 aromatic rings. The molecule has 0 aliphatic carbocycles. The molecule has 198 valence electrons. The van der Waals surface area contributed by atoms with Crippen LogP contribution in [0.4, 0.5) is 5.69 Å². The molecule has 38 heavy (non-hydrogen) atoms. The molecule has 5 rings (SSSR count). The lowest BCUT2D eigenvalue weighted by molar-refractivity contribution is -0.150. The van der Waals surface area contributed by atoms with Crippen molar-refractivity contribution in [3.05, 3.63) is 33.2 Å². The van der Waals surface area contributed by atoms with E-state index >= 15 is 0 Å². The van der Waals surface area contributed by atoms with Crippen LogP contribution in [0.1, 0.15) is 5.69 Å². The SMILES string of the molecule is CON=C(C(=O)N[C@@H]1C(=O)N2C(C(=O)O)=C(CSc3cc(N)c4nnnn4n3)CS[C@@H]12)c1csc(=N)n1O. The topological polar surface area (TPSA) is 239 Å². The number of thiazole rings is 1. The number of thioether (sulfide) groups is 2. The molecule has 17 nitrogen and oxygen atoms in total. The van der Waals surface area contributed by atoms with Gasteiger partial charge >= 0.3 is 5.97 Å². The summed E-state index contributed by atoms with van der Waals surface area (Å²) in [6.45, 7) is 0. The Morgan fingerprint density at radius 1 is 1.45 bits per heavy atom. The average Bonchev–Trinajstić information content (AvgIpc) is 3.50. The molecule has 2 aliphatic heterocycles. The standard InChI is InChI=1S/C18H17N11O6S3/c1-35-24-10(8-5-38-18(20)28(8)34)14(30)21-11-15(31)27-12(17(32)33)6(4-37-16(11)27)3-36-9-2-7(19)13-22-25-26-29(13)23-9/h2,5,11,16,20,34H,3-4,19H2,1H3,(H,21,30)(H,32,33)/t11-,16+/m1/s1. The van der Waals surface area contributed by atoms with Crippen LogP contribution in [-0.4, -0.2) is 98.7 Å². The summed E-state index contributed by atoms with van der Waals surface area (Å²) < 4.78 is 1.63. The number of carboxylic acid groups (broad SMARTS) is 1. The molecule has 3 aromatic heterocycles. The first-order chi connectivity index (χ1) is 18.2. The van der Waals surface area contributed by atoms with Gasteiger partial charge in [-0.25, -0.2) is 4.79 Å². The highest BCUT2D eigenvalue weighted by Crippen LogP contribution is 2.41. The molecule has 2 aliphatic rings. The number of hydrogen-bond acceptors (Lipinski definition) is 15. The number of rotatable bonds is 8. The van der Waals surface area contributed by atoms with E-state index in [0.29, 0.717) is 26.7 Å². The van der Waals surface area contributed by atoms with Crippen molar-refractivity contribution in [2.24, 2.45) is 5.16 Å². The molecule has 0 unspecified atom stereocenters. The summed E-state index contributed by atoms with van der Waals surface area (Å²) >= 11 is 3.35. The number of aromatic nitrogens is 6. The number of fused-ring (bicyclic) bond motifs is 2. The molecule has 20 heteroatoms. The number of hydrogen-bond donors (Lipinski definition) is 5. The lowest BCUT2D eigenvalue weighted by atomic mass is 10.0. The number of carboxylic acids is 1. The summed E-state index contributed by atoms with van der Waals surface area (Å²) in [6, 6.07) is 0.533. The summed E-state index contributed by atoms with van der Waals surface area (Å²) in [5.74, 6) is -2.25. The maximum atomic E-state index is 13.0. The predicted molar refractivity (Wildman–Crippen MR) is 132 cm³/mol. The zero-order valence-electron chi connectivity index (χ0n) is 19.1. The van der Waals surface area contributed by atoms with Gasteiger partial charge in [-0.05, 0) is 22.1 Å². The van der Waals surface area contributed by atoms with Gasteiger partial charge in [-0.3, -0.25) is 19.9 Å². The number of aliphatic carboxylic acids is 1. The Kier molecular flexibility index (Phi) is 6.67. The first-order valence-corrected chi connectivity index (χ1v) is 13.4. The van der Waals surface area contributed by atoms with Gasteiger partial charge in [0, 0.05) is 16.9 Å². The average molecular weight is 580 g/mol. The van der Waals surface area contributed by atoms with Crippen LogP contribution in [0.25, 0.3) is 5.65 Å². The minimum Gasteiger partial charge on any atom is -0.477 e. The van der Waals surface area contributed by atoms with Crippen molar-refractivity contribution in [1.82, 2.24) is 40.2 Å². The highest BCUT2D eigenvalue weighted by atomic mass is 32.2. The molecular weight excluding hydrogens is 562 g/mol. The number of nitrogens with zero attached hydrogens (tertiary/aromatic N) is 8. The minimum absolute atomic E-state index is 0.0983. The van der Waals surface area contributed by atoms with E-state index in [0.717, 1.165) is 16.2 Å². The van der Waals surface area contributed by atoms with Crippen molar-refractivity contribution in [3.63, 3.8) is 0 Å². The first-order valence-electron chi connectivity index (χ1n) is 10.5. The highest BCUT2D eigenvalue weighted by Gasteiger charge is 2.54. The van der Waals surface area contributed by atoms with Crippen molar-refractivity contribution in [2.75, 3.05) is 24.3 Å². The number of carbonyl (C=O) groups excluding carboxylic acids is 2. The zero-order chi connectivity index (χ0) is 27.1. The molecule has 1 saturated heterocycles. The van der Waals surface area contributed by atoms with Crippen LogP contribution < -0.4 is 15.9 Å². The van der Waals surface area contributed by atoms with Gasteiger partial charge in [-0.1, -0.05) is 16.9 Å². The Hall–Kier alpha value is -4.17. The summed E-state index contributed by atoms with van der Waals surface area (Å²) in [4.78, 5) is 43.6. The van der Waals surface area contributed by atoms with Crippen molar-refractivity contribution >= 4 is 69.7 Å². The predicted octanol–water partition coefficient (Wildman–Crippen LogP) is -1.44. The normalized spacial score (nSPS) is 19.3. The van der Waals surface area contributed by atoms with Crippen molar-refractivity contribution in [1.29, 1.82) is 5.41 Å². The molecule has 0 radical (unpaired) electrons. The third-order valence-electron chi connectivity index (χ3n) is 5.46. The Morgan fingerprint density at radius 3 is 2.92 bits per heavy atom. The van der Waals surface area contributed by atoms with Crippen LogP contribution in [0.15, 0.2) is 32.9 Å². The van der Waals surface area contributed by atoms with Gasteiger partial charge in [0.05, 0.1) is 5.69 Å². The molecule has 2 amide bonds. The van der Waals surface area contributed by atoms with Crippen molar-refractivity contribution in [2.45, 2.75) is 16.4 Å². The molecular formula is C18H17N11O6S3. The second-order valence-electron chi connectivity index (χ2n) is 7.70. The van der Waals surface area contributed by atoms with Crippen LogP contribution in [0.2, 0.25) is 0 Å². The van der Waals surface area contributed by atoms with Crippen LogP contribution in [-0.2, 0) is 19.2 Å². The Morgan fingerprint density at radius 2 is 2.24 bits per heavy atom. The van der Waals surface area contributed by atoms with Crippen LogP contribution >= 0.6 is 34.9 Å². The van der Waals surface area contributed by atoms with Gasteiger partial charge in [0.2, 0.25) is 10.4 Å². The smallest absolute Gasteiger partial charge is 0.352 e. The number of amides is 2. The zero-order valence-corrected chi connectivity index (χ0v) is 21.6. The maximum Gasteiger partial charge on any atom is 0.352 e. The van der Waals surface area contributed by atoms with Gasteiger partial charge in [-0.2, -0.15) is 4.73 Å². The summed E-state index contributed by atoms with van der Waals surface area (Å²) in [5.41, 5.74) is 6.41. The van der Waals surface area contributed by atoms with E-state index in [-0.39, 0.29) is 33.4 Å². The van der Waals surface area contributed by atoms with E-state index in [4.69, 9.17) is 16.0 Å². The van der Waals surface area contributed by atoms with Crippen LogP contribution in [0.3, 0.4) is 0 Å². The number of nitrogen functional groups attached to an aromatic ring is 1. The van der Waals surface area contributed by atoms with Crippen molar-refractivity contribution in [3.8, 4) is 0 Å². The van der Waals surface area contributed by atoms with E-state index in [9.17, 15) is 24.7 Å². The van der Waals surface area contributed by atoms with E-state index in [2.05, 4.69) is 31.1 Å². The second kappa shape index (κ2) is 9.95. The molecule has 0 spiro atoms. The van der Waals surface area contributed by atoms with Gasteiger partial charge in [0.1, 0.15) is 34.9 Å². The first kappa shape index (κ1) is 25.5. The summed E-state index contributed by atoms with van der Waals surface area (Å²) in [5, 5.41) is 50.0. The number of carbonyl (C=O) groups is 3. The quantitative estimate of drug-likeness (QED) is 0.0676. The number of nitrogens with one attached hydrogen (secondary N) is 2. The molecule has 6 N–H and O–H groups in total. The lowest BCUT2D eigenvalue weighted by Gasteiger charge is -2.49. The van der Waals surface area contributed by atoms with Gasteiger partial charge in [0.15, 0.2) is 5.71 Å². The molecule has 0 saturated carbocycles. The second-order valence-corrected chi connectivity index (χ2v) is 10.7. The molecule has 0 aromatic carbocycles. The van der Waals surface area contributed by atoms with E-state index in [1.807, 2.05) is 0 Å². The van der Waals surface area contributed by atoms with Gasteiger partial charge in [-0.15, -0.1) is 37.9 Å². The molecule has 1 fully saturated rings. The fraction of sp³-hybridized carbons (Fsp3) is 0.278. The van der Waals surface area contributed by atoms with E-state index in [1.165, 1.54) is 40.6 Å². The Labute approximate surface area is 223 Å². The van der Waals surface area contributed by atoms with Crippen molar-refractivity contribution < 1.29 is 29.5 Å². The van der Waals surface area contributed by atoms with Crippen LogP contribution in [0.5, 0.6) is 0 Å². The Balaban J connectivity index is 1.33. The molecule has 5 heterocycles.